The maximum absolute atomic E-state index is 13.3. The second-order valence-corrected chi connectivity index (χ2v) is 12.5. The zero-order chi connectivity index (χ0) is 26.9. The van der Waals surface area contributed by atoms with Gasteiger partial charge in [0.15, 0.2) is 10.6 Å². The molecule has 8 rings (SSSR count). The lowest BCUT2D eigenvalue weighted by molar-refractivity contribution is -0.648. The number of aromatic nitrogens is 1. The number of hydrogen-bond acceptors (Lipinski definition) is 9. The highest BCUT2D eigenvalue weighted by Crippen LogP contribution is 2.69. The number of amides is 2. The summed E-state index contributed by atoms with van der Waals surface area (Å²) in [6.07, 6.45) is 5.53. The van der Waals surface area contributed by atoms with Crippen LogP contribution < -0.4 is 0 Å². The highest BCUT2D eigenvalue weighted by Gasteiger charge is 2.76. The van der Waals surface area contributed by atoms with Crippen LogP contribution in [0.4, 0.5) is 0 Å². The van der Waals surface area contributed by atoms with Crippen molar-refractivity contribution >= 4 is 33.4 Å². The van der Waals surface area contributed by atoms with Crippen LogP contribution in [0.25, 0.3) is 10.2 Å². The summed E-state index contributed by atoms with van der Waals surface area (Å²) in [6.45, 7) is 1.35. The van der Waals surface area contributed by atoms with E-state index >= 15 is 0 Å². The van der Waals surface area contributed by atoms with E-state index in [0.29, 0.717) is 27.6 Å². The predicted molar refractivity (Wildman–Crippen MR) is 141 cm³/mol. The van der Waals surface area contributed by atoms with E-state index in [2.05, 4.69) is 4.98 Å². The number of phenolic OH excluding ortho intramolecular Hbond substituents is 2. The number of benzene rings is 2. The molecule has 1 saturated heterocycles. The molecule has 39 heavy (non-hydrogen) atoms. The lowest BCUT2D eigenvalue weighted by Gasteiger charge is -2.69. The van der Waals surface area contributed by atoms with Gasteiger partial charge in [-0.05, 0) is 86.1 Å². The van der Waals surface area contributed by atoms with E-state index in [1.165, 1.54) is 19.4 Å². The Morgan fingerprint density at radius 1 is 1.03 bits per heavy atom. The molecule has 5 aliphatic rings. The predicted octanol–water partition coefficient (Wildman–Crippen LogP) is 4.72. The van der Waals surface area contributed by atoms with Gasteiger partial charge in [-0.25, -0.2) is 9.87 Å². The van der Waals surface area contributed by atoms with Gasteiger partial charge in [0.25, 0.3) is 11.7 Å². The third-order valence-corrected chi connectivity index (χ3v) is 10.2. The van der Waals surface area contributed by atoms with Crippen LogP contribution in [0, 0.1) is 23.7 Å². The van der Waals surface area contributed by atoms with Gasteiger partial charge in [0.2, 0.25) is 5.91 Å². The summed E-state index contributed by atoms with van der Waals surface area (Å²) in [6, 6.07) is 11.6. The minimum atomic E-state index is -1.24. The molecule has 5 fully saturated rings. The fourth-order valence-electron chi connectivity index (χ4n) is 7.78. The SMILES string of the molecule is CC(=O)N(CCO[C@@]1(c2cccc(O)c2)OOC12C1CC3CC(C1)CC2C3)C(=O)c1nc2ccc(O)cc2s1. The van der Waals surface area contributed by atoms with Crippen LogP contribution in [0.2, 0.25) is 0 Å². The standard InChI is InChI=1S/C29H30N2O7S/c1-16(32)31(27(35)26-30-24-6-5-23(34)15-25(24)39-26)7-8-36-29(19-3-2-4-22(33)14-19)28(37-38-29)20-10-17-9-18(12-20)13-21(28)11-17/h2-6,14-15,17-18,20-21,33-34H,7-13H2,1H3/t17?,18?,20?,21?,28?,29-/m0/s1. The first-order valence-corrected chi connectivity index (χ1v) is 14.3. The first kappa shape index (κ1) is 25.0. The van der Waals surface area contributed by atoms with Crippen molar-refractivity contribution < 1.29 is 34.3 Å². The maximum atomic E-state index is 13.3. The summed E-state index contributed by atoms with van der Waals surface area (Å²) in [5.74, 6) is -0.0538. The summed E-state index contributed by atoms with van der Waals surface area (Å²) >= 11 is 1.12. The Morgan fingerprint density at radius 3 is 2.38 bits per heavy atom. The van der Waals surface area contributed by atoms with E-state index in [1.54, 1.807) is 30.3 Å². The van der Waals surface area contributed by atoms with Crippen molar-refractivity contribution in [2.24, 2.45) is 23.7 Å². The Labute approximate surface area is 229 Å². The van der Waals surface area contributed by atoms with Crippen molar-refractivity contribution in [2.45, 2.75) is 50.4 Å². The fourth-order valence-corrected chi connectivity index (χ4v) is 8.73. The molecule has 3 aromatic rings. The number of fused-ring (bicyclic) bond motifs is 1. The second-order valence-electron chi connectivity index (χ2n) is 11.4. The Kier molecular flexibility index (Phi) is 5.75. The van der Waals surface area contributed by atoms with Crippen LogP contribution >= 0.6 is 11.3 Å². The highest BCUT2D eigenvalue weighted by atomic mass is 32.1. The third-order valence-electron chi connectivity index (χ3n) is 9.19. The number of hydrogen-bond donors (Lipinski definition) is 2. The Hall–Kier alpha value is -3.05. The molecule has 0 unspecified atom stereocenters. The lowest BCUT2D eigenvalue weighted by Crippen LogP contribution is -2.76. The van der Waals surface area contributed by atoms with Crippen molar-refractivity contribution in [1.82, 2.24) is 9.88 Å². The largest absolute Gasteiger partial charge is 0.508 e. The molecule has 4 aliphatic carbocycles. The number of thiazole rings is 1. The van der Waals surface area contributed by atoms with E-state index in [-0.39, 0.29) is 41.5 Å². The summed E-state index contributed by atoms with van der Waals surface area (Å²) in [7, 11) is 0. The van der Waals surface area contributed by atoms with Gasteiger partial charge in [0, 0.05) is 12.5 Å². The van der Waals surface area contributed by atoms with Crippen LogP contribution in [-0.2, 0) is 25.1 Å². The van der Waals surface area contributed by atoms with E-state index in [0.717, 1.165) is 41.9 Å². The first-order valence-electron chi connectivity index (χ1n) is 13.5. The molecule has 1 aromatic heterocycles. The van der Waals surface area contributed by atoms with E-state index in [9.17, 15) is 19.8 Å². The van der Waals surface area contributed by atoms with Crippen LogP contribution in [0.3, 0.4) is 0 Å². The van der Waals surface area contributed by atoms with Gasteiger partial charge in [0.05, 0.1) is 23.4 Å². The molecule has 10 heteroatoms. The van der Waals surface area contributed by atoms with Crippen LogP contribution in [0.15, 0.2) is 42.5 Å². The van der Waals surface area contributed by atoms with E-state index < -0.39 is 23.2 Å². The normalized spacial score (nSPS) is 32.4. The molecule has 1 spiro atoms. The molecule has 1 aliphatic heterocycles. The summed E-state index contributed by atoms with van der Waals surface area (Å²) in [5.41, 5.74) is 0.578. The molecular formula is C29H30N2O7S. The summed E-state index contributed by atoms with van der Waals surface area (Å²) in [4.78, 5) is 43.4. The molecule has 2 amide bonds. The average molecular weight is 551 g/mol. The quantitative estimate of drug-likeness (QED) is 0.423. The lowest BCUT2D eigenvalue weighted by atomic mass is 9.47. The van der Waals surface area contributed by atoms with Gasteiger partial charge in [-0.15, -0.1) is 11.3 Å². The third kappa shape index (κ3) is 3.72. The Balaban J connectivity index is 1.16. The Morgan fingerprint density at radius 2 is 1.74 bits per heavy atom. The fraction of sp³-hybridized carbons (Fsp3) is 0.483. The van der Waals surface area contributed by atoms with E-state index in [4.69, 9.17) is 14.5 Å². The molecule has 4 saturated carbocycles. The first-order chi connectivity index (χ1) is 18.8. The number of carbonyl (C=O) groups excluding carboxylic acids is 2. The van der Waals surface area contributed by atoms with Crippen molar-refractivity contribution in [3.8, 4) is 11.5 Å². The highest BCUT2D eigenvalue weighted by molar-refractivity contribution is 7.20. The number of ether oxygens (including phenoxy) is 1. The number of rotatable bonds is 6. The van der Waals surface area contributed by atoms with Crippen molar-refractivity contribution in [3.05, 3.63) is 53.0 Å². The number of phenols is 2. The molecule has 1 atom stereocenters. The summed E-state index contributed by atoms with van der Waals surface area (Å²) in [5, 5.41) is 20.3. The molecule has 204 valence electrons. The molecular weight excluding hydrogens is 520 g/mol. The smallest absolute Gasteiger partial charge is 0.289 e. The van der Waals surface area contributed by atoms with Crippen molar-refractivity contribution in [2.75, 3.05) is 13.2 Å². The number of carbonyl (C=O) groups is 2. The Bertz CT molecular complexity index is 1440. The molecule has 0 radical (unpaired) electrons. The molecule has 4 bridgehead atoms. The topological polar surface area (TPSA) is 118 Å². The van der Waals surface area contributed by atoms with E-state index in [1.807, 2.05) is 6.07 Å². The number of imide groups is 1. The molecule has 9 nitrogen and oxygen atoms in total. The van der Waals surface area contributed by atoms with Gasteiger partial charge >= 0.3 is 0 Å². The monoisotopic (exact) mass is 550 g/mol. The van der Waals surface area contributed by atoms with Gasteiger partial charge < -0.3 is 14.9 Å². The second kappa shape index (κ2) is 8.99. The van der Waals surface area contributed by atoms with Crippen LogP contribution in [0.1, 0.15) is 54.4 Å². The van der Waals surface area contributed by atoms with Gasteiger partial charge in [-0.1, -0.05) is 12.1 Å². The number of nitrogens with zero attached hydrogens (tertiary/aromatic N) is 2. The van der Waals surface area contributed by atoms with Gasteiger partial charge in [-0.2, -0.15) is 4.89 Å². The van der Waals surface area contributed by atoms with Gasteiger partial charge in [-0.3, -0.25) is 14.5 Å². The minimum absolute atomic E-state index is 0.00404. The zero-order valence-corrected chi connectivity index (χ0v) is 22.4. The average Bonchev–Trinajstić information content (AvgIpc) is 3.30. The zero-order valence-electron chi connectivity index (χ0n) is 21.5. The van der Waals surface area contributed by atoms with Gasteiger partial charge in [0.1, 0.15) is 11.5 Å². The number of aromatic hydroxyl groups is 2. The minimum Gasteiger partial charge on any atom is -0.508 e. The van der Waals surface area contributed by atoms with Crippen LogP contribution in [0.5, 0.6) is 11.5 Å². The van der Waals surface area contributed by atoms with Crippen molar-refractivity contribution in [3.63, 3.8) is 0 Å². The maximum Gasteiger partial charge on any atom is 0.289 e. The molecule has 2 heterocycles. The van der Waals surface area contributed by atoms with Crippen molar-refractivity contribution in [1.29, 1.82) is 0 Å². The molecule has 2 N–H and O–H groups in total. The molecule has 2 aromatic carbocycles. The van der Waals surface area contributed by atoms with Crippen LogP contribution in [-0.4, -0.2) is 50.7 Å². The summed E-state index contributed by atoms with van der Waals surface area (Å²) < 4.78 is 7.23.